The van der Waals surface area contributed by atoms with Gasteiger partial charge in [-0.05, 0) is 24.3 Å². The number of hydrogen-bond donors (Lipinski definition) is 2. The van der Waals surface area contributed by atoms with Crippen molar-refractivity contribution in [2.75, 3.05) is 17.3 Å². The second kappa shape index (κ2) is 5.40. The van der Waals surface area contributed by atoms with Crippen molar-refractivity contribution < 1.29 is 8.42 Å². The van der Waals surface area contributed by atoms with Crippen LogP contribution >= 0.6 is 22.9 Å². The molecule has 102 valence electrons. The standard InChI is InChI=1S/C12H13ClN2O2S2/c1-19(16,17)10-4-2-3-9(12(10)14)15-7-8-5-6-11(13)18-8/h2-6,15H,7,14H2,1H3. The third-order valence-electron chi connectivity index (χ3n) is 2.55. The second-order valence-electron chi connectivity index (χ2n) is 4.05. The predicted octanol–water partition coefficient (Wildman–Crippen LogP) is 3.00. The lowest BCUT2D eigenvalue weighted by molar-refractivity contribution is 0.602. The van der Waals surface area contributed by atoms with Gasteiger partial charge in [0.05, 0.1) is 20.6 Å². The Labute approximate surface area is 121 Å². The monoisotopic (exact) mass is 316 g/mol. The van der Waals surface area contributed by atoms with E-state index >= 15 is 0 Å². The normalized spacial score (nSPS) is 11.5. The van der Waals surface area contributed by atoms with Crippen LogP contribution in [0.25, 0.3) is 0 Å². The first kappa shape index (κ1) is 14.2. The molecule has 0 bridgehead atoms. The van der Waals surface area contributed by atoms with Gasteiger partial charge >= 0.3 is 0 Å². The largest absolute Gasteiger partial charge is 0.396 e. The van der Waals surface area contributed by atoms with E-state index in [0.717, 1.165) is 15.5 Å². The maximum absolute atomic E-state index is 11.6. The average Bonchev–Trinajstić information content (AvgIpc) is 2.72. The van der Waals surface area contributed by atoms with E-state index in [2.05, 4.69) is 5.32 Å². The van der Waals surface area contributed by atoms with Gasteiger partial charge in [-0.2, -0.15) is 0 Å². The number of para-hydroxylation sites is 1. The second-order valence-corrected chi connectivity index (χ2v) is 7.83. The quantitative estimate of drug-likeness (QED) is 0.851. The number of nitrogens with one attached hydrogen (secondary N) is 1. The van der Waals surface area contributed by atoms with Crippen molar-refractivity contribution in [1.82, 2.24) is 0 Å². The first-order valence-electron chi connectivity index (χ1n) is 5.44. The molecule has 2 aromatic rings. The van der Waals surface area contributed by atoms with Gasteiger partial charge in [0.25, 0.3) is 0 Å². The number of halogens is 1. The lowest BCUT2D eigenvalue weighted by atomic mass is 10.2. The van der Waals surface area contributed by atoms with Crippen LogP contribution in [0.1, 0.15) is 4.88 Å². The minimum atomic E-state index is -3.32. The van der Waals surface area contributed by atoms with E-state index < -0.39 is 9.84 Å². The number of benzene rings is 1. The molecule has 0 unspecified atom stereocenters. The Balaban J connectivity index is 2.22. The maximum atomic E-state index is 11.6. The highest BCUT2D eigenvalue weighted by Crippen LogP contribution is 2.28. The van der Waals surface area contributed by atoms with Crippen LogP contribution in [0.3, 0.4) is 0 Å². The van der Waals surface area contributed by atoms with Crippen LogP contribution < -0.4 is 11.1 Å². The van der Waals surface area contributed by atoms with Crippen molar-refractivity contribution in [2.24, 2.45) is 0 Å². The van der Waals surface area contributed by atoms with Gasteiger partial charge in [-0.1, -0.05) is 17.7 Å². The fraction of sp³-hybridized carbons (Fsp3) is 0.167. The SMILES string of the molecule is CS(=O)(=O)c1cccc(NCc2ccc(Cl)s2)c1N. The molecule has 1 aromatic heterocycles. The van der Waals surface area contributed by atoms with E-state index in [1.165, 1.54) is 17.4 Å². The van der Waals surface area contributed by atoms with Gasteiger partial charge in [-0.15, -0.1) is 11.3 Å². The number of anilines is 2. The number of nitrogens with two attached hydrogens (primary N) is 1. The topological polar surface area (TPSA) is 72.2 Å². The Hall–Kier alpha value is -1.24. The van der Waals surface area contributed by atoms with Crippen LogP contribution in [0, 0.1) is 0 Å². The summed E-state index contributed by atoms with van der Waals surface area (Å²) in [6.07, 6.45) is 1.14. The minimum absolute atomic E-state index is 0.140. The molecule has 1 heterocycles. The summed E-state index contributed by atoms with van der Waals surface area (Å²) in [5.41, 5.74) is 6.72. The Morgan fingerprint density at radius 2 is 2.05 bits per heavy atom. The van der Waals surface area contributed by atoms with Gasteiger partial charge in [-0.3, -0.25) is 0 Å². The van der Waals surface area contributed by atoms with Crippen LogP contribution in [0.15, 0.2) is 35.2 Å². The molecule has 0 radical (unpaired) electrons. The zero-order chi connectivity index (χ0) is 14.0. The first-order chi connectivity index (χ1) is 8.88. The van der Waals surface area contributed by atoms with Crippen molar-refractivity contribution in [3.8, 4) is 0 Å². The van der Waals surface area contributed by atoms with E-state index in [0.29, 0.717) is 12.2 Å². The molecule has 0 spiro atoms. The Morgan fingerprint density at radius 1 is 1.32 bits per heavy atom. The van der Waals surface area contributed by atoms with Gasteiger partial charge in [0.2, 0.25) is 0 Å². The average molecular weight is 317 g/mol. The minimum Gasteiger partial charge on any atom is -0.396 e. The van der Waals surface area contributed by atoms with Crippen molar-refractivity contribution in [1.29, 1.82) is 0 Å². The molecule has 0 saturated heterocycles. The summed E-state index contributed by atoms with van der Waals surface area (Å²) in [5, 5.41) is 3.12. The van der Waals surface area contributed by atoms with Crippen molar-refractivity contribution in [3.63, 3.8) is 0 Å². The Bertz CT molecular complexity index is 696. The number of nitrogen functional groups attached to an aromatic ring is 1. The molecular formula is C12H13ClN2O2S2. The predicted molar refractivity (Wildman–Crippen MR) is 80.6 cm³/mol. The van der Waals surface area contributed by atoms with Gasteiger partial charge in [0.1, 0.15) is 0 Å². The molecule has 0 aliphatic heterocycles. The Kier molecular flexibility index (Phi) is 4.03. The van der Waals surface area contributed by atoms with Crippen molar-refractivity contribution >= 4 is 44.1 Å². The summed E-state index contributed by atoms with van der Waals surface area (Å²) in [7, 11) is -3.32. The van der Waals surface area contributed by atoms with E-state index in [1.54, 1.807) is 12.1 Å². The number of thiophene rings is 1. The Morgan fingerprint density at radius 3 is 2.63 bits per heavy atom. The van der Waals surface area contributed by atoms with E-state index in [-0.39, 0.29) is 10.6 Å². The first-order valence-corrected chi connectivity index (χ1v) is 8.53. The van der Waals surface area contributed by atoms with Crippen LogP contribution in [-0.2, 0) is 16.4 Å². The molecule has 2 rings (SSSR count). The molecule has 3 N–H and O–H groups in total. The number of rotatable bonds is 4. The molecule has 0 fully saturated rings. The lowest BCUT2D eigenvalue weighted by Crippen LogP contribution is -2.07. The third-order valence-corrected chi connectivity index (χ3v) is 4.93. The molecule has 4 nitrogen and oxygen atoms in total. The van der Waals surface area contributed by atoms with E-state index in [1.807, 2.05) is 12.1 Å². The summed E-state index contributed by atoms with van der Waals surface area (Å²) >= 11 is 7.31. The van der Waals surface area contributed by atoms with Crippen LogP contribution in [-0.4, -0.2) is 14.7 Å². The molecule has 0 amide bonds. The number of sulfone groups is 1. The summed E-state index contributed by atoms with van der Waals surface area (Å²) in [5.74, 6) is 0. The van der Waals surface area contributed by atoms with Crippen LogP contribution in [0.4, 0.5) is 11.4 Å². The van der Waals surface area contributed by atoms with Gasteiger partial charge in [-0.25, -0.2) is 8.42 Å². The molecule has 1 aromatic carbocycles. The third kappa shape index (κ3) is 3.40. The van der Waals surface area contributed by atoms with Crippen LogP contribution in [0.2, 0.25) is 4.34 Å². The summed E-state index contributed by atoms with van der Waals surface area (Å²) in [4.78, 5) is 1.19. The lowest BCUT2D eigenvalue weighted by Gasteiger charge is -2.11. The zero-order valence-corrected chi connectivity index (χ0v) is 12.6. The summed E-state index contributed by atoms with van der Waals surface area (Å²) < 4.78 is 23.8. The molecule has 0 atom stereocenters. The highest BCUT2D eigenvalue weighted by Gasteiger charge is 2.13. The smallest absolute Gasteiger partial charge is 0.177 e. The van der Waals surface area contributed by atoms with E-state index in [4.69, 9.17) is 17.3 Å². The highest BCUT2D eigenvalue weighted by atomic mass is 35.5. The summed E-state index contributed by atoms with van der Waals surface area (Å²) in [6, 6.07) is 8.64. The molecule has 7 heteroatoms. The highest BCUT2D eigenvalue weighted by molar-refractivity contribution is 7.90. The maximum Gasteiger partial charge on any atom is 0.177 e. The molecule has 0 aliphatic rings. The van der Waals surface area contributed by atoms with Gasteiger partial charge in [0.15, 0.2) is 9.84 Å². The molecular weight excluding hydrogens is 304 g/mol. The van der Waals surface area contributed by atoms with E-state index in [9.17, 15) is 8.42 Å². The van der Waals surface area contributed by atoms with Gasteiger partial charge < -0.3 is 11.1 Å². The number of hydrogen-bond acceptors (Lipinski definition) is 5. The fourth-order valence-electron chi connectivity index (χ4n) is 1.65. The van der Waals surface area contributed by atoms with Gasteiger partial charge in [0, 0.05) is 17.7 Å². The summed E-state index contributed by atoms with van der Waals surface area (Å²) in [6.45, 7) is 0.550. The molecule has 0 aliphatic carbocycles. The van der Waals surface area contributed by atoms with Crippen molar-refractivity contribution in [3.05, 3.63) is 39.5 Å². The fourth-order valence-corrected chi connectivity index (χ4v) is 3.51. The van der Waals surface area contributed by atoms with Crippen molar-refractivity contribution in [2.45, 2.75) is 11.4 Å². The zero-order valence-electron chi connectivity index (χ0n) is 10.2. The van der Waals surface area contributed by atoms with Crippen LogP contribution in [0.5, 0.6) is 0 Å². The molecule has 19 heavy (non-hydrogen) atoms. The molecule has 0 saturated carbocycles.